The molecule has 3 aromatic rings. The Morgan fingerprint density at radius 2 is 2.00 bits per heavy atom. The highest BCUT2D eigenvalue weighted by Gasteiger charge is 2.06. The summed E-state index contributed by atoms with van der Waals surface area (Å²) >= 11 is 6.02. The summed E-state index contributed by atoms with van der Waals surface area (Å²) in [6.45, 7) is 3.72. The van der Waals surface area contributed by atoms with Crippen LogP contribution in [0, 0.1) is 0 Å². The minimum atomic E-state index is 0.282. The number of nitrogens with zero attached hydrogens (tertiary/aromatic N) is 1. The minimum Gasteiger partial charge on any atom is -0.508 e. The Balaban J connectivity index is 1.82. The molecule has 0 unspecified atom stereocenters. The van der Waals surface area contributed by atoms with E-state index in [4.69, 9.17) is 11.6 Å². The number of phenolic OH excluding ortho intramolecular Hbond substituents is 1. The van der Waals surface area contributed by atoms with E-state index in [1.54, 1.807) is 12.3 Å². The highest BCUT2D eigenvalue weighted by atomic mass is 35.5. The maximum Gasteiger partial charge on any atom is 0.122 e. The summed E-state index contributed by atoms with van der Waals surface area (Å²) in [6, 6.07) is 13.2. The van der Waals surface area contributed by atoms with E-state index in [9.17, 15) is 5.11 Å². The number of aromatic nitrogens is 1. The van der Waals surface area contributed by atoms with Crippen molar-refractivity contribution in [2.24, 2.45) is 0 Å². The predicted octanol–water partition coefficient (Wildman–Crippen LogP) is 4.84. The summed E-state index contributed by atoms with van der Waals surface area (Å²) in [7, 11) is 0. The molecule has 0 bridgehead atoms. The minimum absolute atomic E-state index is 0.282. The van der Waals surface area contributed by atoms with Crippen LogP contribution < -0.4 is 10.6 Å². The first-order valence-electron chi connectivity index (χ1n) is 8.01. The second-order valence-electron chi connectivity index (χ2n) is 5.67. The number of phenols is 1. The third kappa shape index (κ3) is 3.78. The van der Waals surface area contributed by atoms with Crippen LogP contribution in [0.1, 0.15) is 18.9 Å². The number of anilines is 2. The lowest BCUT2D eigenvalue weighted by Crippen LogP contribution is -2.13. The first-order valence-corrected chi connectivity index (χ1v) is 8.39. The van der Waals surface area contributed by atoms with Gasteiger partial charge in [-0.3, -0.25) is 4.98 Å². The Bertz CT molecular complexity index is 851. The lowest BCUT2D eigenvalue weighted by molar-refractivity contribution is 0.465. The van der Waals surface area contributed by atoms with Crippen LogP contribution in [0.3, 0.4) is 0 Å². The topological polar surface area (TPSA) is 57.2 Å². The summed E-state index contributed by atoms with van der Waals surface area (Å²) in [6.07, 6.45) is 2.81. The quantitative estimate of drug-likeness (QED) is 0.562. The molecular weight excluding hydrogens is 322 g/mol. The van der Waals surface area contributed by atoms with Crippen molar-refractivity contribution >= 4 is 33.9 Å². The fourth-order valence-electron chi connectivity index (χ4n) is 2.58. The van der Waals surface area contributed by atoms with Gasteiger partial charge >= 0.3 is 0 Å². The molecule has 0 aliphatic heterocycles. The number of hydrogen-bond donors (Lipinski definition) is 3. The van der Waals surface area contributed by atoms with Gasteiger partial charge in [-0.15, -0.1) is 0 Å². The van der Waals surface area contributed by atoms with Gasteiger partial charge in [0.2, 0.25) is 0 Å². The van der Waals surface area contributed by atoms with Crippen molar-refractivity contribution in [1.29, 1.82) is 0 Å². The SMILES string of the molecule is CCCNCc1ccc(Nc2ccnc3cc(Cl)ccc23)cc1O. The van der Waals surface area contributed by atoms with Crippen molar-refractivity contribution in [2.45, 2.75) is 19.9 Å². The lowest BCUT2D eigenvalue weighted by atomic mass is 10.1. The molecule has 1 heterocycles. The van der Waals surface area contributed by atoms with Crippen LogP contribution >= 0.6 is 11.6 Å². The van der Waals surface area contributed by atoms with Gasteiger partial charge < -0.3 is 15.7 Å². The van der Waals surface area contributed by atoms with Crippen LogP contribution in [0.2, 0.25) is 5.02 Å². The fraction of sp³-hybridized carbons (Fsp3) is 0.211. The zero-order chi connectivity index (χ0) is 16.9. The van der Waals surface area contributed by atoms with Crippen molar-refractivity contribution in [1.82, 2.24) is 10.3 Å². The van der Waals surface area contributed by atoms with E-state index >= 15 is 0 Å². The van der Waals surface area contributed by atoms with Crippen molar-refractivity contribution in [3.63, 3.8) is 0 Å². The Hall–Kier alpha value is -2.30. The predicted molar refractivity (Wildman–Crippen MR) is 100 cm³/mol. The molecule has 4 nitrogen and oxygen atoms in total. The van der Waals surface area contributed by atoms with Gasteiger partial charge in [-0.1, -0.05) is 24.6 Å². The number of rotatable bonds is 6. The molecule has 2 aromatic carbocycles. The van der Waals surface area contributed by atoms with E-state index < -0.39 is 0 Å². The van der Waals surface area contributed by atoms with Crippen LogP contribution in [0.25, 0.3) is 10.9 Å². The molecule has 24 heavy (non-hydrogen) atoms. The number of pyridine rings is 1. The Labute approximate surface area is 146 Å². The highest BCUT2D eigenvalue weighted by molar-refractivity contribution is 6.31. The molecule has 1 aromatic heterocycles. The van der Waals surface area contributed by atoms with Crippen LogP contribution in [-0.2, 0) is 6.54 Å². The molecule has 0 radical (unpaired) electrons. The molecule has 0 saturated heterocycles. The summed E-state index contributed by atoms with van der Waals surface area (Å²) in [5.74, 6) is 0.282. The van der Waals surface area contributed by atoms with Gasteiger partial charge in [0.05, 0.1) is 5.52 Å². The van der Waals surface area contributed by atoms with E-state index in [1.165, 1.54) is 0 Å². The molecule has 124 valence electrons. The Morgan fingerprint density at radius 3 is 2.79 bits per heavy atom. The first-order chi connectivity index (χ1) is 11.7. The van der Waals surface area contributed by atoms with Gasteiger partial charge in [0.1, 0.15) is 5.75 Å². The van der Waals surface area contributed by atoms with Crippen LogP contribution in [-0.4, -0.2) is 16.6 Å². The molecule has 0 aliphatic carbocycles. The number of halogens is 1. The second kappa shape index (κ2) is 7.51. The van der Waals surface area contributed by atoms with Gasteiger partial charge in [-0.05, 0) is 43.3 Å². The van der Waals surface area contributed by atoms with E-state index in [0.29, 0.717) is 11.6 Å². The number of fused-ring (bicyclic) bond motifs is 1. The van der Waals surface area contributed by atoms with Gasteiger partial charge in [0, 0.05) is 46.2 Å². The van der Waals surface area contributed by atoms with E-state index in [2.05, 4.69) is 22.5 Å². The van der Waals surface area contributed by atoms with Crippen molar-refractivity contribution in [2.75, 3.05) is 11.9 Å². The summed E-state index contributed by atoms with van der Waals surface area (Å²) < 4.78 is 0. The third-order valence-corrected chi connectivity index (χ3v) is 4.05. The first kappa shape index (κ1) is 16.6. The zero-order valence-corrected chi connectivity index (χ0v) is 14.3. The molecule has 0 fully saturated rings. The molecule has 0 saturated carbocycles. The molecule has 0 spiro atoms. The standard InChI is InChI=1S/C19H20ClN3O/c1-2-8-21-12-13-3-5-15(11-19(13)24)23-17-7-9-22-18-10-14(20)4-6-16(17)18/h3-7,9-11,21,24H,2,8,12H2,1H3,(H,22,23). The summed E-state index contributed by atoms with van der Waals surface area (Å²) in [5.41, 5.74) is 3.47. The van der Waals surface area contributed by atoms with Gasteiger partial charge in [0.15, 0.2) is 0 Å². The largest absolute Gasteiger partial charge is 0.508 e. The summed E-state index contributed by atoms with van der Waals surface area (Å²) in [5, 5.41) is 18.5. The third-order valence-electron chi connectivity index (χ3n) is 3.81. The smallest absolute Gasteiger partial charge is 0.122 e. The van der Waals surface area contributed by atoms with Crippen LogP contribution in [0.5, 0.6) is 5.75 Å². The van der Waals surface area contributed by atoms with E-state index in [-0.39, 0.29) is 5.75 Å². The average Bonchev–Trinajstić information content (AvgIpc) is 2.57. The molecular formula is C19H20ClN3O. The number of benzene rings is 2. The number of nitrogens with one attached hydrogen (secondary N) is 2. The average molecular weight is 342 g/mol. The molecule has 5 heteroatoms. The lowest BCUT2D eigenvalue weighted by Gasteiger charge is -2.12. The van der Waals surface area contributed by atoms with E-state index in [0.717, 1.165) is 40.8 Å². The van der Waals surface area contributed by atoms with E-state index in [1.807, 2.05) is 36.4 Å². The molecule has 0 aliphatic rings. The molecule has 3 N–H and O–H groups in total. The second-order valence-corrected chi connectivity index (χ2v) is 6.10. The fourth-order valence-corrected chi connectivity index (χ4v) is 2.74. The highest BCUT2D eigenvalue weighted by Crippen LogP contribution is 2.29. The van der Waals surface area contributed by atoms with Gasteiger partial charge in [-0.25, -0.2) is 0 Å². The van der Waals surface area contributed by atoms with Gasteiger partial charge in [-0.2, -0.15) is 0 Å². The summed E-state index contributed by atoms with van der Waals surface area (Å²) in [4.78, 5) is 4.34. The molecule has 0 amide bonds. The Morgan fingerprint density at radius 1 is 1.12 bits per heavy atom. The Kier molecular flexibility index (Phi) is 5.18. The maximum atomic E-state index is 10.2. The molecule has 0 atom stereocenters. The number of hydrogen-bond acceptors (Lipinski definition) is 4. The number of aromatic hydroxyl groups is 1. The van der Waals surface area contributed by atoms with Crippen LogP contribution in [0.15, 0.2) is 48.7 Å². The van der Waals surface area contributed by atoms with Crippen molar-refractivity contribution in [3.05, 3.63) is 59.2 Å². The van der Waals surface area contributed by atoms with Crippen LogP contribution in [0.4, 0.5) is 11.4 Å². The maximum absolute atomic E-state index is 10.2. The zero-order valence-electron chi connectivity index (χ0n) is 13.5. The van der Waals surface area contributed by atoms with Crippen molar-refractivity contribution < 1.29 is 5.11 Å². The molecule has 3 rings (SSSR count). The monoisotopic (exact) mass is 341 g/mol. The van der Waals surface area contributed by atoms with Crippen molar-refractivity contribution in [3.8, 4) is 5.75 Å². The normalized spacial score (nSPS) is 10.9. The van der Waals surface area contributed by atoms with Gasteiger partial charge in [0.25, 0.3) is 0 Å².